The molecule has 0 aromatic rings. The Bertz CT molecular complexity index is 131. The van der Waals surface area contributed by atoms with Crippen molar-refractivity contribution in [1.82, 2.24) is 10.6 Å². The van der Waals surface area contributed by atoms with Gasteiger partial charge in [-0.15, -0.1) is 0 Å². The predicted octanol–water partition coefficient (Wildman–Crippen LogP) is 0.348. The van der Waals surface area contributed by atoms with Crippen molar-refractivity contribution in [2.45, 2.75) is 24.8 Å². The molecular weight excluding hydrogens is 124 g/mol. The molecule has 1 aliphatic carbocycles. The third-order valence-electron chi connectivity index (χ3n) is 3.14. The number of piperidine rings is 1. The summed E-state index contributed by atoms with van der Waals surface area (Å²) in [4.78, 5) is 0. The third kappa shape index (κ3) is 0.867. The van der Waals surface area contributed by atoms with Crippen LogP contribution in [0.2, 0.25) is 0 Å². The molecule has 0 spiro atoms. The Morgan fingerprint density at radius 2 is 2.50 bits per heavy atom. The van der Waals surface area contributed by atoms with E-state index in [4.69, 9.17) is 0 Å². The van der Waals surface area contributed by atoms with Gasteiger partial charge in [-0.2, -0.15) is 0 Å². The molecule has 1 saturated carbocycles. The minimum Gasteiger partial charge on any atom is -0.315 e. The molecule has 1 saturated heterocycles. The van der Waals surface area contributed by atoms with Gasteiger partial charge in [-0.1, -0.05) is 0 Å². The van der Waals surface area contributed by atoms with E-state index in [0.717, 1.165) is 5.92 Å². The fourth-order valence-corrected chi connectivity index (χ4v) is 2.40. The van der Waals surface area contributed by atoms with Crippen molar-refractivity contribution in [3.63, 3.8) is 0 Å². The zero-order valence-corrected chi connectivity index (χ0v) is 6.61. The van der Waals surface area contributed by atoms with Crippen LogP contribution in [0.3, 0.4) is 0 Å². The summed E-state index contributed by atoms with van der Waals surface area (Å²) in [6.45, 7) is 2.43. The number of hydrogen-bond donors (Lipinski definition) is 2. The molecule has 2 bridgehead atoms. The molecule has 58 valence electrons. The molecule has 2 fully saturated rings. The maximum absolute atomic E-state index is 3.48. The molecule has 0 amide bonds. The normalized spacial score (nSPS) is 45.9. The Kier molecular flexibility index (Phi) is 1.46. The van der Waals surface area contributed by atoms with Gasteiger partial charge in [0.25, 0.3) is 0 Å². The summed E-state index contributed by atoms with van der Waals surface area (Å²) in [5, 5.41) is 6.92. The van der Waals surface area contributed by atoms with Crippen LogP contribution in [0.25, 0.3) is 0 Å². The van der Waals surface area contributed by atoms with Crippen molar-refractivity contribution in [2.24, 2.45) is 5.92 Å². The fraction of sp³-hybridized carbons (Fsp3) is 1.00. The zero-order chi connectivity index (χ0) is 7.03. The van der Waals surface area contributed by atoms with E-state index < -0.39 is 0 Å². The van der Waals surface area contributed by atoms with Crippen LogP contribution >= 0.6 is 0 Å². The summed E-state index contributed by atoms with van der Waals surface area (Å²) in [6, 6.07) is 0. The summed E-state index contributed by atoms with van der Waals surface area (Å²) in [6.07, 6.45) is 4.20. The topological polar surface area (TPSA) is 24.1 Å². The lowest BCUT2D eigenvalue weighted by molar-refractivity contribution is 0.282. The summed E-state index contributed by atoms with van der Waals surface area (Å²) in [5.41, 5.74) is 0.475. The van der Waals surface area contributed by atoms with Gasteiger partial charge in [0.05, 0.1) is 0 Å². The predicted molar refractivity (Wildman–Crippen MR) is 42.0 cm³/mol. The Morgan fingerprint density at radius 1 is 1.60 bits per heavy atom. The second kappa shape index (κ2) is 2.21. The molecule has 2 atom stereocenters. The van der Waals surface area contributed by atoms with Crippen LogP contribution in [-0.4, -0.2) is 25.7 Å². The first-order valence-corrected chi connectivity index (χ1v) is 4.24. The van der Waals surface area contributed by atoms with Crippen LogP contribution in [0.4, 0.5) is 0 Å². The lowest BCUT2D eigenvalue weighted by Gasteiger charge is -2.33. The highest BCUT2D eigenvalue weighted by Crippen LogP contribution is 2.36. The Labute approximate surface area is 62.4 Å². The van der Waals surface area contributed by atoms with E-state index in [9.17, 15) is 0 Å². The zero-order valence-electron chi connectivity index (χ0n) is 6.61. The summed E-state index contributed by atoms with van der Waals surface area (Å²) >= 11 is 0. The first kappa shape index (κ1) is 6.62. The monoisotopic (exact) mass is 140 g/mol. The van der Waals surface area contributed by atoms with Crippen molar-refractivity contribution in [2.75, 3.05) is 20.1 Å². The molecule has 2 N–H and O–H groups in total. The maximum atomic E-state index is 3.48. The van der Waals surface area contributed by atoms with Crippen LogP contribution < -0.4 is 10.6 Å². The second-order valence-corrected chi connectivity index (χ2v) is 3.77. The molecule has 0 aromatic carbocycles. The van der Waals surface area contributed by atoms with Crippen LogP contribution in [-0.2, 0) is 0 Å². The molecule has 10 heavy (non-hydrogen) atoms. The van der Waals surface area contributed by atoms with E-state index in [0.29, 0.717) is 5.54 Å². The largest absolute Gasteiger partial charge is 0.315 e. The SMILES string of the molecule is CNC12CCC(CNC1)C2. The van der Waals surface area contributed by atoms with Gasteiger partial charge in [-0.25, -0.2) is 0 Å². The van der Waals surface area contributed by atoms with Gasteiger partial charge in [0.15, 0.2) is 0 Å². The Balaban J connectivity index is 2.10. The minimum atomic E-state index is 0.475. The standard InChI is InChI=1S/C8H16N2/c1-9-8-3-2-7(4-8)5-10-6-8/h7,9-10H,2-6H2,1H3. The quantitative estimate of drug-likeness (QED) is 0.549. The van der Waals surface area contributed by atoms with Crippen LogP contribution in [0.15, 0.2) is 0 Å². The first-order chi connectivity index (χ1) is 4.85. The Hall–Kier alpha value is -0.0800. The van der Waals surface area contributed by atoms with E-state index in [1.165, 1.54) is 32.4 Å². The number of likely N-dealkylation sites (N-methyl/N-ethyl adjacent to an activating group) is 1. The van der Waals surface area contributed by atoms with Crippen molar-refractivity contribution < 1.29 is 0 Å². The van der Waals surface area contributed by atoms with Gasteiger partial charge in [0.1, 0.15) is 0 Å². The van der Waals surface area contributed by atoms with Crippen molar-refractivity contribution in [3.05, 3.63) is 0 Å². The van der Waals surface area contributed by atoms with Gasteiger partial charge in [-0.05, 0) is 38.8 Å². The molecule has 0 radical (unpaired) electrons. The van der Waals surface area contributed by atoms with E-state index in [1.807, 2.05) is 0 Å². The maximum Gasteiger partial charge on any atom is 0.0306 e. The lowest BCUT2D eigenvalue weighted by Crippen LogP contribution is -2.52. The summed E-state index contributed by atoms with van der Waals surface area (Å²) in [7, 11) is 2.09. The second-order valence-electron chi connectivity index (χ2n) is 3.77. The van der Waals surface area contributed by atoms with Gasteiger partial charge in [0, 0.05) is 12.1 Å². The van der Waals surface area contributed by atoms with Crippen molar-refractivity contribution in [3.8, 4) is 0 Å². The van der Waals surface area contributed by atoms with Crippen molar-refractivity contribution >= 4 is 0 Å². The average molecular weight is 140 g/mol. The molecule has 2 nitrogen and oxygen atoms in total. The number of hydrogen-bond acceptors (Lipinski definition) is 2. The van der Waals surface area contributed by atoms with Crippen LogP contribution in [0.1, 0.15) is 19.3 Å². The minimum absolute atomic E-state index is 0.475. The number of fused-ring (bicyclic) bond motifs is 2. The molecule has 0 aromatic heterocycles. The molecule has 2 heteroatoms. The third-order valence-corrected chi connectivity index (χ3v) is 3.14. The highest BCUT2D eigenvalue weighted by molar-refractivity contribution is 5.00. The van der Waals surface area contributed by atoms with E-state index in [-0.39, 0.29) is 0 Å². The molecule has 2 aliphatic rings. The number of rotatable bonds is 1. The highest BCUT2D eigenvalue weighted by atomic mass is 15.1. The van der Waals surface area contributed by atoms with Gasteiger partial charge >= 0.3 is 0 Å². The van der Waals surface area contributed by atoms with Gasteiger partial charge in [-0.3, -0.25) is 0 Å². The van der Waals surface area contributed by atoms with E-state index >= 15 is 0 Å². The lowest BCUT2D eigenvalue weighted by atomic mass is 9.93. The van der Waals surface area contributed by atoms with Gasteiger partial charge in [0.2, 0.25) is 0 Å². The summed E-state index contributed by atoms with van der Waals surface area (Å²) in [5.74, 6) is 0.959. The molecular formula is C8H16N2. The molecule has 1 heterocycles. The molecule has 2 unspecified atom stereocenters. The highest BCUT2D eigenvalue weighted by Gasteiger charge is 2.40. The average Bonchev–Trinajstić information content (AvgIpc) is 2.29. The molecule has 1 aliphatic heterocycles. The number of nitrogens with one attached hydrogen (secondary N) is 2. The smallest absolute Gasteiger partial charge is 0.0306 e. The van der Waals surface area contributed by atoms with Crippen LogP contribution in [0, 0.1) is 5.92 Å². The van der Waals surface area contributed by atoms with Crippen LogP contribution in [0.5, 0.6) is 0 Å². The van der Waals surface area contributed by atoms with Crippen molar-refractivity contribution in [1.29, 1.82) is 0 Å². The molecule has 2 rings (SSSR count). The first-order valence-electron chi connectivity index (χ1n) is 4.24. The van der Waals surface area contributed by atoms with Gasteiger partial charge < -0.3 is 10.6 Å². The summed E-state index contributed by atoms with van der Waals surface area (Å²) < 4.78 is 0. The Morgan fingerprint density at radius 3 is 3.20 bits per heavy atom. The van der Waals surface area contributed by atoms with E-state index in [2.05, 4.69) is 17.7 Å². The fourth-order valence-electron chi connectivity index (χ4n) is 2.40. The van der Waals surface area contributed by atoms with E-state index in [1.54, 1.807) is 0 Å².